The molecule has 1 N–H and O–H groups in total. The highest BCUT2D eigenvalue weighted by Crippen LogP contribution is 2.28. The number of halogens is 1. The van der Waals surface area contributed by atoms with E-state index in [1.807, 2.05) is 0 Å². The fourth-order valence-corrected chi connectivity index (χ4v) is 2.30. The predicted molar refractivity (Wildman–Crippen MR) is 76.0 cm³/mol. The monoisotopic (exact) mass is 309 g/mol. The topological polar surface area (TPSA) is 98.3 Å². The molecule has 0 saturated carbocycles. The lowest BCUT2D eigenvalue weighted by Gasteiger charge is -2.06. The molecule has 1 aromatic carbocycles. The van der Waals surface area contributed by atoms with E-state index in [1.165, 1.54) is 22.9 Å². The number of nitro groups is 1. The number of carbonyl (C=O) groups is 1. The van der Waals surface area contributed by atoms with Crippen LogP contribution in [0.4, 0.5) is 5.69 Å². The second-order valence-electron chi connectivity index (χ2n) is 4.52. The average Bonchev–Trinajstić information content (AvgIpc) is 2.66. The van der Waals surface area contributed by atoms with Gasteiger partial charge in [-0.25, -0.2) is 4.68 Å². The van der Waals surface area contributed by atoms with Crippen LogP contribution in [0.5, 0.6) is 0 Å². The lowest BCUT2D eigenvalue weighted by Crippen LogP contribution is -2.05. The fourth-order valence-electron chi connectivity index (χ4n) is 2.14. The Balaban J connectivity index is 2.63. The van der Waals surface area contributed by atoms with E-state index in [2.05, 4.69) is 5.10 Å². The van der Waals surface area contributed by atoms with Crippen LogP contribution < -0.4 is 0 Å². The van der Waals surface area contributed by atoms with Gasteiger partial charge in [0.05, 0.1) is 17.0 Å². The number of hydrogen-bond acceptors (Lipinski definition) is 4. The van der Waals surface area contributed by atoms with Gasteiger partial charge in [-0.05, 0) is 26.0 Å². The molecule has 8 heteroatoms. The Hall–Kier alpha value is -2.41. The third-order valence-electron chi connectivity index (χ3n) is 3.13. The smallest absolute Gasteiger partial charge is 0.307 e. The van der Waals surface area contributed by atoms with E-state index in [9.17, 15) is 14.9 Å². The van der Waals surface area contributed by atoms with Crippen molar-refractivity contribution < 1.29 is 14.8 Å². The Morgan fingerprint density at radius 1 is 1.48 bits per heavy atom. The zero-order chi connectivity index (χ0) is 15.7. The third-order valence-corrected chi connectivity index (χ3v) is 3.37. The molecule has 0 atom stereocenters. The second-order valence-corrected chi connectivity index (χ2v) is 4.96. The zero-order valence-electron chi connectivity index (χ0n) is 11.3. The highest BCUT2D eigenvalue weighted by molar-refractivity contribution is 6.30. The summed E-state index contributed by atoms with van der Waals surface area (Å²) in [6, 6.07) is 4.26. The van der Waals surface area contributed by atoms with Crippen LogP contribution in [-0.4, -0.2) is 25.8 Å². The van der Waals surface area contributed by atoms with E-state index in [4.69, 9.17) is 16.7 Å². The van der Waals surface area contributed by atoms with Crippen LogP contribution in [0.25, 0.3) is 5.69 Å². The van der Waals surface area contributed by atoms with Crippen molar-refractivity contribution in [3.63, 3.8) is 0 Å². The summed E-state index contributed by atoms with van der Waals surface area (Å²) in [5, 5.41) is 24.5. The molecule has 0 radical (unpaired) electrons. The van der Waals surface area contributed by atoms with Gasteiger partial charge in [0, 0.05) is 22.3 Å². The molecule has 2 aromatic rings. The molecule has 2 rings (SSSR count). The van der Waals surface area contributed by atoms with E-state index >= 15 is 0 Å². The molecule has 0 fully saturated rings. The molecule has 110 valence electrons. The van der Waals surface area contributed by atoms with Crippen molar-refractivity contribution in [1.29, 1.82) is 0 Å². The van der Waals surface area contributed by atoms with Crippen LogP contribution in [0.3, 0.4) is 0 Å². The van der Waals surface area contributed by atoms with Gasteiger partial charge in [0.15, 0.2) is 0 Å². The minimum absolute atomic E-state index is 0.181. The number of nitrogens with zero attached hydrogens (tertiary/aromatic N) is 3. The van der Waals surface area contributed by atoms with Gasteiger partial charge in [0.2, 0.25) is 0 Å². The van der Waals surface area contributed by atoms with Gasteiger partial charge in [-0.2, -0.15) is 5.10 Å². The molecule has 0 spiro atoms. The van der Waals surface area contributed by atoms with Crippen molar-refractivity contribution in [1.82, 2.24) is 9.78 Å². The maximum absolute atomic E-state index is 11.1. The molecule has 1 heterocycles. The minimum Gasteiger partial charge on any atom is -0.481 e. The first-order valence-corrected chi connectivity index (χ1v) is 6.40. The van der Waals surface area contributed by atoms with Crippen molar-refractivity contribution in [2.75, 3.05) is 0 Å². The minimum atomic E-state index is -0.980. The highest BCUT2D eigenvalue weighted by Gasteiger charge is 2.21. The average molecular weight is 310 g/mol. The van der Waals surface area contributed by atoms with Crippen LogP contribution in [-0.2, 0) is 11.2 Å². The number of carboxylic acid groups (broad SMARTS) is 1. The Morgan fingerprint density at radius 3 is 2.71 bits per heavy atom. The summed E-state index contributed by atoms with van der Waals surface area (Å²) in [7, 11) is 0. The van der Waals surface area contributed by atoms with E-state index in [1.54, 1.807) is 13.8 Å². The third kappa shape index (κ3) is 2.87. The normalized spacial score (nSPS) is 10.6. The number of aryl methyl sites for hydroxylation is 1. The maximum Gasteiger partial charge on any atom is 0.307 e. The van der Waals surface area contributed by atoms with Crippen molar-refractivity contribution in [3.05, 3.63) is 50.3 Å². The Morgan fingerprint density at radius 2 is 2.14 bits per heavy atom. The summed E-state index contributed by atoms with van der Waals surface area (Å²) in [5.41, 5.74) is 1.70. The SMILES string of the molecule is Cc1nn(-c2ccc(Cl)cc2[N+](=O)[O-])c(C)c1CC(=O)O. The Labute approximate surface area is 124 Å². The summed E-state index contributed by atoms with van der Waals surface area (Å²) < 4.78 is 1.38. The summed E-state index contributed by atoms with van der Waals surface area (Å²) in [6.07, 6.45) is -0.181. The van der Waals surface area contributed by atoms with E-state index < -0.39 is 10.9 Å². The predicted octanol–water partition coefficient (Wildman–Crippen LogP) is 2.68. The van der Waals surface area contributed by atoms with E-state index in [-0.39, 0.29) is 22.8 Å². The molecule has 0 aliphatic carbocycles. The summed E-state index contributed by atoms with van der Waals surface area (Å²) in [5.74, 6) is -0.980. The van der Waals surface area contributed by atoms with Crippen LogP contribution in [0.1, 0.15) is 17.0 Å². The van der Waals surface area contributed by atoms with Crippen molar-refractivity contribution in [2.45, 2.75) is 20.3 Å². The molecule has 0 aliphatic rings. The quantitative estimate of drug-likeness (QED) is 0.691. The largest absolute Gasteiger partial charge is 0.481 e. The molecular weight excluding hydrogens is 298 g/mol. The number of rotatable bonds is 4. The fraction of sp³-hybridized carbons (Fsp3) is 0.231. The lowest BCUT2D eigenvalue weighted by atomic mass is 10.1. The van der Waals surface area contributed by atoms with Gasteiger partial charge in [-0.3, -0.25) is 14.9 Å². The molecule has 0 unspecified atom stereocenters. The molecule has 7 nitrogen and oxygen atoms in total. The van der Waals surface area contributed by atoms with Gasteiger partial charge >= 0.3 is 5.97 Å². The first-order valence-electron chi connectivity index (χ1n) is 6.02. The van der Waals surface area contributed by atoms with Gasteiger partial charge in [-0.15, -0.1) is 0 Å². The molecule has 0 bridgehead atoms. The summed E-state index contributed by atoms with van der Waals surface area (Å²) in [6.45, 7) is 3.35. The van der Waals surface area contributed by atoms with E-state index in [0.717, 1.165) is 0 Å². The standard InChI is InChI=1S/C13H12ClN3O4/c1-7-10(6-13(18)19)8(2)16(15-7)11-4-3-9(14)5-12(11)17(20)21/h3-5H,6H2,1-2H3,(H,18,19). The number of benzene rings is 1. The van der Waals surface area contributed by atoms with Crippen LogP contribution in [0, 0.1) is 24.0 Å². The van der Waals surface area contributed by atoms with Crippen LogP contribution >= 0.6 is 11.6 Å². The molecule has 0 aliphatic heterocycles. The van der Waals surface area contributed by atoms with Crippen LogP contribution in [0.2, 0.25) is 5.02 Å². The second kappa shape index (κ2) is 5.53. The zero-order valence-corrected chi connectivity index (χ0v) is 12.1. The van der Waals surface area contributed by atoms with Crippen molar-refractivity contribution in [2.24, 2.45) is 0 Å². The number of aliphatic carboxylic acids is 1. The lowest BCUT2D eigenvalue weighted by molar-refractivity contribution is -0.384. The first kappa shape index (κ1) is 15.0. The Bertz CT molecular complexity index is 739. The van der Waals surface area contributed by atoms with Crippen LogP contribution in [0.15, 0.2) is 18.2 Å². The van der Waals surface area contributed by atoms with Gasteiger partial charge in [0.1, 0.15) is 5.69 Å². The summed E-state index contributed by atoms with van der Waals surface area (Å²) in [4.78, 5) is 21.5. The van der Waals surface area contributed by atoms with Crippen molar-refractivity contribution in [3.8, 4) is 5.69 Å². The van der Waals surface area contributed by atoms with Gasteiger partial charge < -0.3 is 5.11 Å². The molecule has 0 saturated heterocycles. The highest BCUT2D eigenvalue weighted by atomic mass is 35.5. The Kier molecular flexibility index (Phi) is 3.95. The molecular formula is C13H12ClN3O4. The molecule has 1 aromatic heterocycles. The molecule has 21 heavy (non-hydrogen) atoms. The molecule has 0 amide bonds. The van der Waals surface area contributed by atoms with Crippen molar-refractivity contribution >= 4 is 23.3 Å². The summed E-state index contributed by atoms with van der Waals surface area (Å²) >= 11 is 5.78. The van der Waals surface area contributed by atoms with Gasteiger partial charge in [-0.1, -0.05) is 11.6 Å². The number of carboxylic acids is 1. The number of hydrogen-bond donors (Lipinski definition) is 1. The van der Waals surface area contributed by atoms with E-state index in [0.29, 0.717) is 17.0 Å². The number of aromatic nitrogens is 2. The maximum atomic E-state index is 11.1. The number of nitro benzene ring substituents is 1. The first-order chi connectivity index (χ1) is 9.81. The van der Waals surface area contributed by atoms with Gasteiger partial charge in [0.25, 0.3) is 5.69 Å².